The summed E-state index contributed by atoms with van der Waals surface area (Å²) < 4.78 is 12.5. The first-order valence-corrected chi connectivity index (χ1v) is 6.17. The summed E-state index contributed by atoms with van der Waals surface area (Å²) in [4.78, 5) is 45.8. The van der Waals surface area contributed by atoms with Gasteiger partial charge in [-0.1, -0.05) is 0 Å². The van der Waals surface area contributed by atoms with Crippen LogP contribution in [-0.4, -0.2) is 61.0 Å². The largest absolute Gasteiger partial charge is 1.00 e. The predicted molar refractivity (Wildman–Crippen MR) is 56.0 cm³/mol. The summed E-state index contributed by atoms with van der Waals surface area (Å²) in [5, 5.41) is 52.4. The fourth-order valence-electron chi connectivity index (χ4n) is 0.826. The maximum Gasteiger partial charge on any atom is 1.00 e. The van der Waals surface area contributed by atoms with E-state index in [1.165, 1.54) is 0 Å². The van der Waals surface area contributed by atoms with Crippen LogP contribution in [0.5, 0.6) is 0 Å². The second-order valence-corrected chi connectivity index (χ2v) is 4.55. The molecule has 0 fully saturated rings. The van der Waals surface area contributed by atoms with Crippen LogP contribution >= 0.6 is 7.82 Å². The van der Waals surface area contributed by atoms with Crippen LogP contribution in [0.4, 0.5) is 0 Å². The predicted octanol–water partition coefficient (Wildman–Crippen LogP) is -10.4. The van der Waals surface area contributed by atoms with Gasteiger partial charge < -0.3 is 44.7 Å². The van der Waals surface area contributed by atoms with Crippen molar-refractivity contribution in [1.29, 1.82) is 0 Å². The molecule has 0 spiro atoms. The van der Waals surface area contributed by atoms with Crippen LogP contribution in [0.25, 0.3) is 0 Å². The molecular weight excluding hydrogens is 368 g/mol. The second kappa shape index (κ2) is 13.7. The van der Waals surface area contributed by atoms with Gasteiger partial charge in [0.25, 0.3) is 0 Å². The summed E-state index contributed by atoms with van der Waals surface area (Å²) in [7, 11) is -7.77. The van der Waals surface area contributed by atoms with Gasteiger partial charge in [0.15, 0.2) is 5.60 Å². The molecule has 17 heteroatoms. The van der Waals surface area contributed by atoms with Crippen LogP contribution in [-0.2, 0) is 23.4 Å². The normalized spacial score (nSPS) is 10.1. The van der Waals surface area contributed by atoms with Gasteiger partial charge >= 0.3 is 84.8 Å². The molecule has 0 saturated carbocycles. The van der Waals surface area contributed by atoms with Gasteiger partial charge in [-0.15, -0.1) is 0 Å². The number of hydrogen-bond acceptors (Lipinski definition) is 8. The SMILES string of the molecule is O=C(O)CC(O)(CC(=O)O)C(=O)O.O=P(O)(O)OB([O-])[O-].[Na+].[Na+]. The zero-order valence-corrected chi connectivity index (χ0v) is 16.9. The molecule has 0 radical (unpaired) electrons. The van der Waals surface area contributed by atoms with Gasteiger partial charge in [0.05, 0.1) is 20.2 Å². The molecule has 122 valence electrons. The average Bonchev–Trinajstić information content (AvgIpc) is 2.10. The Morgan fingerprint density at radius 1 is 1.00 bits per heavy atom. The van der Waals surface area contributed by atoms with Crippen molar-refractivity contribution in [3.8, 4) is 0 Å². The van der Waals surface area contributed by atoms with Gasteiger partial charge in [-0.05, 0) is 0 Å². The number of hydrogen-bond donors (Lipinski definition) is 6. The number of carboxylic acids is 3. The molecule has 0 aromatic heterocycles. The third-order valence-corrected chi connectivity index (χ3v) is 1.96. The van der Waals surface area contributed by atoms with E-state index >= 15 is 0 Å². The molecule has 0 aliphatic carbocycles. The fourth-order valence-corrected chi connectivity index (χ4v) is 1.05. The van der Waals surface area contributed by atoms with Crippen LogP contribution in [0.1, 0.15) is 12.8 Å². The quantitative estimate of drug-likeness (QED) is 0.178. The van der Waals surface area contributed by atoms with E-state index in [-0.39, 0.29) is 59.1 Å². The molecule has 23 heavy (non-hydrogen) atoms. The van der Waals surface area contributed by atoms with Crippen LogP contribution in [0.2, 0.25) is 0 Å². The van der Waals surface area contributed by atoms with E-state index in [9.17, 15) is 29.0 Å². The summed E-state index contributed by atoms with van der Waals surface area (Å²) in [6, 6.07) is 0. The number of phosphoric acid groups is 1. The monoisotopic (exact) mass is 378 g/mol. The van der Waals surface area contributed by atoms with Crippen molar-refractivity contribution < 1.29 is 123 Å². The Balaban J connectivity index is -0.000000158. The van der Waals surface area contributed by atoms with E-state index in [4.69, 9.17) is 30.2 Å². The molecule has 0 heterocycles. The molecule has 0 bridgehead atoms. The summed E-state index contributed by atoms with van der Waals surface area (Å²) in [5.41, 5.74) is -2.74. The third-order valence-electron chi connectivity index (χ3n) is 1.51. The fraction of sp³-hybridized carbons (Fsp3) is 0.500. The molecule has 13 nitrogen and oxygen atoms in total. The van der Waals surface area contributed by atoms with Crippen LogP contribution in [0, 0.1) is 0 Å². The Morgan fingerprint density at radius 2 is 1.30 bits per heavy atom. The standard InChI is InChI=1S/C6H8O7.BH2O6P.2Na/c7-3(8)1-6(13,5(11)12)2-4(9)10;2-1(3)7-8(4,5)6;;/h13H,1-2H2,(H,7,8)(H,9,10)(H,11,12);(H2,4,5,6);;/q;-2;2*+1. The Kier molecular flexibility index (Phi) is 18.6. The first kappa shape index (κ1) is 31.3. The minimum Gasteiger partial charge on any atom is -0.870 e. The molecule has 0 aliphatic rings. The van der Waals surface area contributed by atoms with E-state index in [1.54, 1.807) is 0 Å². The van der Waals surface area contributed by atoms with Crippen molar-refractivity contribution in [2.45, 2.75) is 18.4 Å². The zero-order valence-electron chi connectivity index (χ0n) is 12.0. The summed E-state index contributed by atoms with van der Waals surface area (Å²) in [5.74, 6) is -5.02. The van der Waals surface area contributed by atoms with Gasteiger partial charge in [0, 0.05) is 0 Å². The Morgan fingerprint density at radius 3 is 1.39 bits per heavy atom. The number of carbonyl (C=O) groups is 3. The molecule has 0 unspecified atom stereocenters. The maximum absolute atomic E-state index is 10.3. The van der Waals surface area contributed by atoms with Crippen molar-refractivity contribution in [3.05, 3.63) is 0 Å². The Labute approximate surface area is 173 Å². The molecule has 0 amide bonds. The smallest absolute Gasteiger partial charge is 0.870 e. The minimum absolute atomic E-state index is 0. The Bertz CT molecular complexity index is 420. The summed E-state index contributed by atoms with van der Waals surface area (Å²) >= 11 is 0. The van der Waals surface area contributed by atoms with E-state index in [0.717, 1.165) is 0 Å². The summed E-state index contributed by atoms with van der Waals surface area (Å²) in [6.07, 6.45) is -2.29. The topological polar surface area (TPSA) is 245 Å². The van der Waals surface area contributed by atoms with Crippen LogP contribution in [0.3, 0.4) is 0 Å². The molecule has 6 N–H and O–H groups in total. The van der Waals surface area contributed by atoms with E-state index in [0.29, 0.717) is 0 Å². The molecule has 0 aromatic rings. The average molecular weight is 378 g/mol. The molecule has 0 atom stereocenters. The first-order valence-electron chi connectivity index (χ1n) is 4.64. The van der Waals surface area contributed by atoms with Gasteiger partial charge in [-0.2, -0.15) is 0 Å². The molecule has 0 saturated heterocycles. The van der Waals surface area contributed by atoms with E-state index in [2.05, 4.69) is 4.44 Å². The molecule has 0 rings (SSSR count). The van der Waals surface area contributed by atoms with E-state index in [1.807, 2.05) is 0 Å². The molecule has 0 aromatic carbocycles. The van der Waals surface area contributed by atoms with Gasteiger partial charge in [-0.3, -0.25) is 9.59 Å². The van der Waals surface area contributed by atoms with Crippen molar-refractivity contribution in [3.63, 3.8) is 0 Å². The Hall–Kier alpha value is 0.465. The third kappa shape index (κ3) is 20.4. The van der Waals surface area contributed by atoms with Gasteiger partial charge in [0.2, 0.25) is 0 Å². The minimum atomic E-state index is -4.85. The van der Waals surface area contributed by atoms with Crippen molar-refractivity contribution in [2.24, 2.45) is 0 Å². The zero-order chi connectivity index (χ0) is 17.4. The van der Waals surface area contributed by atoms with Gasteiger partial charge in [-0.25, -0.2) is 9.36 Å². The van der Waals surface area contributed by atoms with Crippen molar-refractivity contribution in [1.82, 2.24) is 0 Å². The number of carboxylic acid groups (broad SMARTS) is 3. The van der Waals surface area contributed by atoms with Gasteiger partial charge in [0.1, 0.15) is 0 Å². The van der Waals surface area contributed by atoms with Crippen molar-refractivity contribution in [2.75, 3.05) is 0 Å². The molecule has 0 aliphatic heterocycles. The van der Waals surface area contributed by atoms with Crippen LogP contribution in [0.15, 0.2) is 0 Å². The number of rotatable bonds is 7. The summed E-state index contributed by atoms with van der Waals surface area (Å²) in [6.45, 7) is 0. The first-order chi connectivity index (χ1) is 9.19. The number of aliphatic hydroxyl groups is 1. The van der Waals surface area contributed by atoms with Crippen molar-refractivity contribution >= 4 is 33.1 Å². The number of aliphatic carboxylic acids is 3. The van der Waals surface area contributed by atoms with E-state index < -0.39 is 51.5 Å². The molecular formula is C6H10BNa2O13P. The maximum atomic E-state index is 10.3. The van der Waals surface area contributed by atoms with Crippen LogP contribution < -0.4 is 69.2 Å². The second-order valence-electron chi connectivity index (χ2n) is 3.36.